The van der Waals surface area contributed by atoms with Crippen LogP contribution in [0.3, 0.4) is 0 Å². The zero-order valence-electron chi connectivity index (χ0n) is 14.7. The van der Waals surface area contributed by atoms with E-state index in [-0.39, 0.29) is 43.0 Å². The maximum atomic E-state index is 12.7. The molecular weight excluding hydrogens is 316 g/mol. The average molecular weight is 340 g/mol. The Balaban J connectivity index is 1.61. The fourth-order valence-electron chi connectivity index (χ4n) is 3.73. The SMILES string of the molecule is C=C(CCC(=O)N1CCCC1c1cccc(C)c1)N1C(=O)CCC1=O. The summed E-state index contributed by atoms with van der Waals surface area (Å²) >= 11 is 0. The molecule has 1 atom stereocenters. The number of imide groups is 1. The van der Waals surface area contributed by atoms with E-state index in [0.717, 1.165) is 24.3 Å². The number of likely N-dealkylation sites (tertiary alicyclic amines) is 2. The van der Waals surface area contributed by atoms with Crippen molar-refractivity contribution in [3.8, 4) is 0 Å². The van der Waals surface area contributed by atoms with Crippen molar-refractivity contribution in [1.82, 2.24) is 9.80 Å². The van der Waals surface area contributed by atoms with Gasteiger partial charge in [0.05, 0.1) is 6.04 Å². The smallest absolute Gasteiger partial charge is 0.233 e. The first-order valence-corrected chi connectivity index (χ1v) is 8.87. The quantitative estimate of drug-likeness (QED) is 0.774. The van der Waals surface area contributed by atoms with Crippen LogP contribution < -0.4 is 0 Å². The lowest BCUT2D eigenvalue weighted by Crippen LogP contribution is -2.32. The first kappa shape index (κ1) is 17.4. The molecule has 0 aromatic heterocycles. The number of nitrogens with zero attached hydrogens (tertiary/aromatic N) is 2. The fourth-order valence-corrected chi connectivity index (χ4v) is 3.73. The molecule has 25 heavy (non-hydrogen) atoms. The number of aryl methyl sites for hydroxylation is 1. The van der Waals surface area contributed by atoms with Crippen LogP contribution in [0.2, 0.25) is 0 Å². The molecule has 0 bridgehead atoms. The van der Waals surface area contributed by atoms with Gasteiger partial charge in [-0.1, -0.05) is 36.4 Å². The number of allylic oxidation sites excluding steroid dienone is 1. The standard InChI is InChI=1S/C20H24N2O3/c1-14-5-3-6-16(13-14)17-7-4-12-21(17)18(23)9-8-15(2)22-19(24)10-11-20(22)25/h3,5-6,13,17H,2,4,7-12H2,1H3. The van der Waals surface area contributed by atoms with Crippen LogP contribution in [0, 0.1) is 6.92 Å². The topological polar surface area (TPSA) is 57.7 Å². The van der Waals surface area contributed by atoms with Crippen LogP contribution in [0.15, 0.2) is 36.5 Å². The summed E-state index contributed by atoms with van der Waals surface area (Å²) in [5, 5.41) is 0. The van der Waals surface area contributed by atoms with Gasteiger partial charge in [0.1, 0.15) is 0 Å². The Hall–Kier alpha value is -2.43. The fraction of sp³-hybridized carbons (Fsp3) is 0.450. The third kappa shape index (κ3) is 3.65. The molecule has 0 saturated carbocycles. The highest BCUT2D eigenvalue weighted by atomic mass is 16.2. The summed E-state index contributed by atoms with van der Waals surface area (Å²) in [7, 11) is 0. The number of carbonyl (C=O) groups is 3. The van der Waals surface area contributed by atoms with Crippen LogP contribution in [0.1, 0.15) is 55.7 Å². The Morgan fingerprint density at radius 3 is 2.60 bits per heavy atom. The van der Waals surface area contributed by atoms with Gasteiger partial charge in [0, 0.05) is 31.5 Å². The Kier molecular flexibility index (Phi) is 5.02. The molecule has 2 aliphatic rings. The van der Waals surface area contributed by atoms with E-state index in [2.05, 4.69) is 31.7 Å². The van der Waals surface area contributed by atoms with Gasteiger partial charge < -0.3 is 4.90 Å². The monoisotopic (exact) mass is 340 g/mol. The Morgan fingerprint density at radius 2 is 1.92 bits per heavy atom. The average Bonchev–Trinajstić information content (AvgIpc) is 3.19. The Labute approximate surface area is 148 Å². The lowest BCUT2D eigenvalue weighted by atomic mass is 10.0. The van der Waals surface area contributed by atoms with E-state index in [1.54, 1.807) is 0 Å². The summed E-state index contributed by atoms with van der Waals surface area (Å²) in [4.78, 5) is 39.3. The zero-order chi connectivity index (χ0) is 18.0. The van der Waals surface area contributed by atoms with Crippen molar-refractivity contribution in [2.45, 2.75) is 51.5 Å². The van der Waals surface area contributed by atoms with E-state index in [1.165, 1.54) is 11.1 Å². The number of amides is 3. The summed E-state index contributed by atoms with van der Waals surface area (Å²) < 4.78 is 0. The maximum Gasteiger partial charge on any atom is 0.233 e. The third-order valence-electron chi connectivity index (χ3n) is 5.00. The first-order chi connectivity index (χ1) is 12.0. The van der Waals surface area contributed by atoms with E-state index in [1.807, 2.05) is 11.0 Å². The number of hydrogen-bond acceptors (Lipinski definition) is 3. The summed E-state index contributed by atoms with van der Waals surface area (Å²) in [6, 6.07) is 8.41. The second-order valence-electron chi connectivity index (χ2n) is 6.85. The number of rotatable bonds is 5. The molecule has 2 heterocycles. The van der Waals surface area contributed by atoms with Crippen LogP contribution >= 0.6 is 0 Å². The highest BCUT2D eigenvalue weighted by Gasteiger charge is 2.33. The molecule has 0 spiro atoms. The molecule has 0 N–H and O–H groups in total. The van der Waals surface area contributed by atoms with E-state index >= 15 is 0 Å². The highest BCUT2D eigenvalue weighted by Crippen LogP contribution is 2.33. The van der Waals surface area contributed by atoms with Gasteiger partial charge >= 0.3 is 0 Å². The predicted molar refractivity (Wildman–Crippen MR) is 94.3 cm³/mol. The molecule has 5 nitrogen and oxygen atoms in total. The molecular formula is C20H24N2O3. The number of benzene rings is 1. The molecule has 2 fully saturated rings. The summed E-state index contributed by atoms with van der Waals surface area (Å²) in [5.74, 6) is -0.355. The molecule has 1 aromatic carbocycles. The molecule has 5 heteroatoms. The third-order valence-corrected chi connectivity index (χ3v) is 5.00. The van der Waals surface area contributed by atoms with Crippen molar-refractivity contribution >= 4 is 17.7 Å². The second kappa shape index (κ2) is 7.21. The van der Waals surface area contributed by atoms with Crippen molar-refractivity contribution in [2.24, 2.45) is 0 Å². The Bertz CT molecular complexity index is 709. The summed E-state index contributed by atoms with van der Waals surface area (Å²) in [6.45, 7) is 6.65. The van der Waals surface area contributed by atoms with Gasteiger partial charge in [-0.15, -0.1) is 0 Å². The van der Waals surface area contributed by atoms with E-state index < -0.39 is 0 Å². The van der Waals surface area contributed by atoms with Crippen molar-refractivity contribution < 1.29 is 14.4 Å². The molecule has 1 unspecified atom stereocenters. The maximum absolute atomic E-state index is 12.7. The number of carbonyl (C=O) groups excluding carboxylic acids is 3. The Morgan fingerprint density at radius 1 is 1.20 bits per heavy atom. The first-order valence-electron chi connectivity index (χ1n) is 8.87. The zero-order valence-corrected chi connectivity index (χ0v) is 14.7. The summed E-state index contributed by atoms with van der Waals surface area (Å²) in [5.41, 5.74) is 2.80. The van der Waals surface area contributed by atoms with Gasteiger partial charge in [-0.25, -0.2) is 0 Å². The summed E-state index contributed by atoms with van der Waals surface area (Å²) in [6.07, 6.45) is 3.07. The van der Waals surface area contributed by atoms with Crippen molar-refractivity contribution in [3.05, 3.63) is 47.7 Å². The normalized spacial score (nSPS) is 20.4. The van der Waals surface area contributed by atoms with Crippen LogP contribution in [0.5, 0.6) is 0 Å². The second-order valence-corrected chi connectivity index (χ2v) is 6.85. The minimum Gasteiger partial charge on any atom is -0.336 e. The highest BCUT2D eigenvalue weighted by molar-refractivity contribution is 6.03. The molecule has 2 aliphatic heterocycles. The van der Waals surface area contributed by atoms with Gasteiger partial charge in [-0.2, -0.15) is 0 Å². The molecule has 132 valence electrons. The largest absolute Gasteiger partial charge is 0.336 e. The van der Waals surface area contributed by atoms with Gasteiger partial charge in [0.2, 0.25) is 17.7 Å². The van der Waals surface area contributed by atoms with Gasteiger partial charge in [0.15, 0.2) is 0 Å². The van der Waals surface area contributed by atoms with Gasteiger partial charge in [-0.05, 0) is 31.7 Å². The molecule has 0 aliphatic carbocycles. The molecule has 0 radical (unpaired) electrons. The van der Waals surface area contributed by atoms with E-state index in [9.17, 15) is 14.4 Å². The molecule has 3 rings (SSSR count). The molecule has 3 amide bonds. The van der Waals surface area contributed by atoms with Crippen LogP contribution in [-0.4, -0.2) is 34.1 Å². The van der Waals surface area contributed by atoms with Crippen LogP contribution in [0.25, 0.3) is 0 Å². The van der Waals surface area contributed by atoms with Crippen LogP contribution in [0.4, 0.5) is 0 Å². The van der Waals surface area contributed by atoms with E-state index in [0.29, 0.717) is 12.1 Å². The lowest BCUT2D eigenvalue weighted by molar-refractivity contribution is -0.137. The van der Waals surface area contributed by atoms with Gasteiger partial charge in [-0.3, -0.25) is 19.3 Å². The number of hydrogen-bond donors (Lipinski definition) is 0. The molecule has 1 aromatic rings. The van der Waals surface area contributed by atoms with Crippen molar-refractivity contribution in [1.29, 1.82) is 0 Å². The predicted octanol–water partition coefficient (Wildman–Crippen LogP) is 3.10. The minimum absolute atomic E-state index is 0.0595. The lowest BCUT2D eigenvalue weighted by Gasteiger charge is -2.26. The van der Waals surface area contributed by atoms with E-state index in [4.69, 9.17) is 0 Å². The minimum atomic E-state index is -0.207. The van der Waals surface area contributed by atoms with Crippen LogP contribution in [-0.2, 0) is 14.4 Å². The van der Waals surface area contributed by atoms with Crippen molar-refractivity contribution in [3.63, 3.8) is 0 Å². The van der Waals surface area contributed by atoms with Crippen molar-refractivity contribution in [2.75, 3.05) is 6.54 Å². The van der Waals surface area contributed by atoms with Gasteiger partial charge in [0.25, 0.3) is 0 Å². The molecule has 2 saturated heterocycles.